The van der Waals surface area contributed by atoms with Crippen molar-refractivity contribution in [3.63, 3.8) is 0 Å². The minimum Gasteiger partial charge on any atom is -0.591 e. The van der Waals surface area contributed by atoms with Crippen molar-refractivity contribution in [1.82, 2.24) is 4.98 Å². The predicted molar refractivity (Wildman–Crippen MR) is 99.2 cm³/mol. The lowest BCUT2D eigenvalue weighted by atomic mass is 10.1. The Bertz CT molecular complexity index is 929. The van der Waals surface area contributed by atoms with E-state index in [1.165, 1.54) is 0 Å². The number of nitrogens with zero attached hydrogens (tertiary/aromatic N) is 2. The highest BCUT2D eigenvalue weighted by atomic mass is 35.5. The van der Waals surface area contributed by atoms with Crippen molar-refractivity contribution >= 4 is 40.3 Å². The number of pyridine rings is 1. The van der Waals surface area contributed by atoms with Crippen molar-refractivity contribution in [1.29, 1.82) is 0 Å². The predicted octanol–water partition coefficient (Wildman–Crippen LogP) is 5.99. The van der Waals surface area contributed by atoms with E-state index in [1.807, 2.05) is 0 Å². The summed E-state index contributed by atoms with van der Waals surface area (Å²) in [7, 11) is 0. The van der Waals surface area contributed by atoms with Gasteiger partial charge in [0.15, 0.2) is 11.5 Å². The number of hydrogen-bond acceptors (Lipinski definition) is 3. The molecular formula is C17H13Cl2F5N2OS. The minimum absolute atomic E-state index is 0.448. The molecule has 0 aliphatic heterocycles. The van der Waals surface area contributed by atoms with Gasteiger partial charge in [-0.15, -0.1) is 0 Å². The highest BCUT2D eigenvalue weighted by molar-refractivity contribution is 7.91. The molecule has 0 bridgehead atoms. The molecule has 28 heavy (non-hydrogen) atoms. The second kappa shape index (κ2) is 8.14. The van der Waals surface area contributed by atoms with E-state index in [-0.39, 0.29) is 0 Å². The lowest BCUT2D eigenvalue weighted by Gasteiger charge is -2.20. The number of aromatic nitrogens is 1. The third kappa shape index (κ3) is 4.94. The van der Waals surface area contributed by atoms with Crippen molar-refractivity contribution in [3.05, 3.63) is 62.9 Å². The fourth-order valence-electron chi connectivity index (χ4n) is 1.94. The molecule has 0 spiro atoms. The van der Waals surface area contributed by atoms with Gasteiger partial charge in [-0.05, 0) is 45.0 Å². The molecule has 2 rings (SSSR count). The van der Waals surface area contributed by atoms with Crippen LogP contribution in [0.3, 0.4) is 0 Å². The van der Waals surface area contributed by atoms with Crippen LogP contribution >= 0.6 is 23.2 Å². The van der Waals surface area contributed by atoms with Crippen molar-refractivity contribution in [3.8, 4) is 0 Å². The normalized spacial score (nSPS) is 14.3. The van der Waals surface area contributed by atoms with Crippen LogP contribution in [0, 0.1) is 11.6 Å². The first-order valence-corrected chi connectivity index (χ1v) is 9.48. The van der Waals surface area contributed by atoms with Gasteiger partial charge in [0.2, 0.25) is 0 Å². The third-order valence-electron chi connectivity index (χ3n) is 3.35. The van der Waals surface area contributed by atoms with Crippen molar-refractivity contribution in [2.75, 3.05) is 0 Å². The standard InChI is InChI=1S/C17H13Cl2F5N2OS/c1-16(2,3)28(27)26-14(8-4-6-10(20)12(19)13(8)21)11-7-5-9(18)15(25-11)17(22,23)24/h4-7H,1-3H3/t28-/m1/s1. The zero-order valence-electron chi connectivity index (χ0n) is 14.7. The van der Waals surface area contributed by atoms with Gasteiger partial charge in [-0.2, -0.15) is 13.2 Å². The smallest absolute Gasteiger partial charge is 0.434 e. The third-order valence-corrected chi connectivity index (χ3v) is 5.39. The fourth-order valence-corrected chi connectivity index (χ4v) is 2.94. The number of alkyl halides is 3. The minimum atomic E-state index is -4.89. The highest BCUT2D eigenvalue weighted by Gasteiger charge is 2.37. The summed E-state index contributed by atoms with van der Waals surface area (Å²) in [6.07, 6.45) is -4.89. The number of halogens is 7. The highest BCUT2D eigenvalue weighted by Crippen LogP contribution is 2.34. The molecule has 3 nitrogen and oxygen atoms in total. The average molecular weight is 459 g/mol. The van der Waals surface area contributed by atoms with Crippen LogP contribution in [-0.2, 0) is 17.5 Å². The topological polar surface area (TPSA) is 48.3 Å². The molecule has 0 N–H and O–H groups in total. The molecule has 0 amide bonds. The largest absolute Gasteiger partial charge is 0.591 e. The summed E-state index contributed by atoms with van der Waals surface area (Å²) >= 11 is 9.14. The van der Waals surface area contributed by atoms with Gasteiger partial charge >= 0.3 is 6.18 Å². The summed E-state index contributed by atoms with van der Waals surface area (Å²) in [5.74, 6) is -2.34. The van der Waals surface area contributed by atoms with Crippen LogP contribution in [-0.4, -0.2) is 20.0 Å². The lowest BCUT2D eigenvalue weighted by Crippen LogP contribution is -2.28. The quantitative estimate of drug-likeness (QED) is 0.245. The zero-order chi connectivity index (χ0) is 21.4. The molecule has 1 atom stereocenters. The maximum absolute atomic E-state index is 14.5. The molecule has 2 aromatic rings. The van der Waals surface area contributed by atoms with Crippen molar-refractivity contribution in [2.45, 2.75) is 31.7 Å². The van der Waals surface area contributed by atoms with Gasteiger partial charge in [-0.25, -0.2) is 13.8 Å². The van der Waals surface area contributed by atoms with E-state index in [4.69, 9.17) is 23.2 Å². The first-order chi connectivity index (χ1) is 12.7. The monoisotopic (exact) mass is 458 g/mol. The molecule has 1 aromatic heterocycles. The number of benzene rings is 1. The van der Waals surface area contributed by atoms with Crippen LogP contribution in [0.25, 0.3) is 0 Å². The molecule has 0 saturated carbocycles. The van der Waals surface area contributed by atoms with Gasteiger partial charge in [-0.3, -0.25) is 0 Å². The molecule has 152 valence electrons. The van der Waals surface area contributed by atoms with Gasteiger partial charge in [0.25, 0.3) is 0 Å². The molecule has 0 aliphatic rings. The molecule has 11 heteroatoms. The summed E-state index contributed by atoms with van der Waals surface area (Å²) in [4.78, 5) is 3.42. The van der Waals surface area contributed by atoms with E-state index in [0.29, 0.717) is 0 Å². The van der Waals surface area contributed by atoms with E-state index in [9.17, 15) is 26.5 Å². The fraction of sp³-hybridized carbons (Fsp3) is 0.294. The summed E-state index contributed by atoms with van der Waals surface area (Å²) in [6, 6.07) is 3.72. The van der Waals surface area contributed by atoms with E-state index in [2.05, 4.69) is 9.38 Å². The SMILES string of the molecule is CC(C)(C)[S@@+]([O-])N=C(c1ccc(Cl)c(C(F)(F)F)n1)c1ccc(F)c(Cl)c1F. The van der Waals surface area contributed by atoms with Crippen LogP contribution < -0.4 is 0 Å². The van der Waals surface area contributed by atoms with Gasteiger partial charge < -0.3 is 4.55 Å². The summed E-state index contributed by atoms with van der Waals surface area (Å²) in [5, 5.41) is -1.55. The van der Waals surface area contributed by atoms with E-state index < -0.39 is 66.6 Å². The first kappa shape index (κ1) is 22.9. The molecule has 0 unspecified atom stereocenters. The molecule has 1 heterocycles. The van der Waals surface area contributed by atoms with Crippen molar-refractivity contribution in [2.24, 2.45) is 4.40 Å². The van der Waals surface area contributed by atoms with Crippen LogP contribution in [0.5, 0.6) is 0 Å². The maximum atomic E-state index is 14.5. The van der Waals surface area contributed by atoms with Crippen molar-refractivity contribution < 1.29 is 26.5 Å². The Kier molecular flexibility index (Phi) is 6.65. The molecule has 0 fully saturated rings. The molecule has 0 saturated heterocycles. The van der Waals surface area contributed by atoms with Gasteiger partial charge in [0.1, 0.15) is 32.7 Å². The van der Waals surface area contributed by atoms with E-state index in [1.54, 1.807) is 20.8 Å². The average Bonchev–Trinajstić information content (AvgIpc) is 2.57. The summed E-state index contributed by atoms with van der Waals surface area (Å²) in [5.41, 5.74) is -2.80. The second-order valence-electron chi connectivity index (χ2n) is 6.55. The Labute approximate surface area is 170 Å². The first-order valence-electron chi connectivity index (χ1n) is 7.62. The van der Waals surface area contributed by atoms with Crippen LogP contribution in [0.15, 0.2) is 28.7 Å². The lowest BCUT2D eigenvalue weighted by molar-refractivity contribution is -0.141. The Balaban J connectivity index is 2.78. The molecule has 1 aromatic carbocycles. The Hall–Kier alpha value is -1.42. The Morgan fingerprint density at radius 3 is 2.21 bits per heavy atom. The molecular weight excluding hydrogens is 446 g/mol. The van der Waals surface area contributed by atoms with E-state index in [0.717, 1.165) is 24.3 Å². The number of rotatable bonds is 3. The van der Waals surface area contributed by atoms with Crippen LogP contribution in [0.2, 0.25) is 10.0 Å². The summed E-state index contributed by atoms with van der Waals surface area (Å²) in [6.45, 7) is 4.69. The van der Waals surface area contributed by atoms with Gasteiger partial charge in [0.05, 0.1) is 10.7 Å². The van der Waals surface area contributed by atoms with E-state index >= 15 is 0 Å². The van der Waals surface area contributed by atoms with Gasteiger partial charge in [-0.1, -0.05) is 27.6 Å². The zero-order valence-corrected chi connectivity index (χ0v) is 17.0. The maximum Gasteiger partial charge on any atom is 0.434 e. The Morgan fingerprint density at radius 2 is 1.68 bits per heavy atom. The summed E-state index contributed by atoms with van der Waals surface area (Å²) < 4.78 is 82.9. The number of hydrogen-bond donors (Lipinski definition) is 0. The second-order valence-corrected chi connectivity index (χ2v) is 9.24. The van der Waals surface area contributed by atoms with Crippen LogP contribution in [0.4, 0.5) is 22.0 Å². The van der Waals surface area contributed by atoms with Gasteiger partial charge in [0, 0.05) is 5.56 Å². The molecule has 0 radical (unpaired) electrons. The van der Waals surface area contributed by atoms with Crippen LogP contribution in [0.1, 0.15) is 37.7 Å². The Morgan fingerprint density at radius 1 is 1.07 bits per heavy atom. The molecule has 0 aliphatic carbocycles.